The van der Waals surface area contributed by atoms with Gasteiger partial charge in [0.05, 0.1) is 11.9 Å². The molecule has 0 bridgehead atoms. The summed E-state index contributed by atoms with van der Waals surface area (Å²) in [6.45, 7) is 3.90. The Morgan fingerprint density at radius 1 is 1.15 bits per heavy atom. The Hall–Kier alpha value is -3.07. The third kappa shape index (κ3) is 5.65. The number of piperidine rings is 2. The molecule has 0 radical (unpaired) electrons. The van der Waals surface area contributed by atoms with Gasteiger partial charge in [0.25, 0.3) is 0 Å². The molecule has 1 amide bonds. The van der Waals surface area contributed by atoms with Crippen molar-refractivity contribution in [1.29, 1.82) is 0 Å². The molecule has 2 N–H and O–H groups in total. The zero-order chi connectivity index (χ0) is 23.2. The Morgan fingerprint density at radius 3 is 2.55 bits per heavy atom. The fraction of sp³-hybridized carbons (Fsp3) is 0.500. The van der Waals surface area contributed by atoms with Gasteiger partial charge < -0.3 is 15.5 Å². The first kappa shape index (κ1) is 23.1. The van der Waals surface area contributed by atoms with Crippen LogP contribution in [0.1, 0.15) is 36.8 Å². The summed E-state index contributed by atoms with van der Waals surface area (Å²) >= 11 is 0. The van der Waals surface area contributed by atoms with E-state index in [9.17, 15) is 9.18 Å². The highest BCUT2D eigenvalue weighted by Crippen LogP contribution is 2.27. The van der Waals surface area contributed by atoms with Gasteiger partial charge >= 0.3 is 0 Å². The lowest BCUT2D eigenvalue weighted by Gasteiger charge is -2.37. The second-order valence-electron chi connectivity index (χ2n) is 8.75. The highest BCUT2D eigenvalue weighted by Gasteiger charge is 2.33. The third-order valence-electron chi connectivity index (χ3n) is 6.62. The van der Waals surface area contributed by atoms with E-state index in [4.69, 9.17) is 10.6 Å². The smallest absolute Gasteiger partial charge is 0.225 e. The van der Waals surface area contributed by atoms with E-state index in [0.29, 0.717) is 30.2 Å². The van der Waals surface area contributed by atoms with Crippen molar-refractivity contribution in [2.45, 2.75) is 32.2 Å². The van der Waals surface area contributed by atoms with E-state index in [2.05, 4.69) is 20.0 Å². The summed E-state index contributed by atoms with van der Waals surface area (Å²) in [5.41, 5.74) is 7.93. The fourth-order valence-corrected chi connectivity index (χ4v) is 4.85. The van der Waals surface area contributed by atoms with Crippen LogP contribution in [0.15, 0.2) is 41.9 Å². The SMILES string of the molecule is CO/N=C(\c1ccncc1F)C1CCN(C(=O)C2CCN(Cc3ccnc(N)c3)CC2)CC1. The molecule has 2 aliphatic heterocycles. The van der Waals surface area contributed by atoms with Crippen molar-refractivity contribution >= 4 is 17.4 Å². The van der Waals surface area contributed by atoms with E-state index in [1.54, 1.807) is 18.5 Å². The lowest BCUT2D eigenvalue weighted by Crippen LogP contribution is -2.46. The second kappa shape index (κ2) is 10.7. The van der Waals surface area contributed by atoms with Crippen LogP contribution in [-0.4, -0.2) is 64.7 Å². The number of carbonyl (C=O) groups is 1. The topological polar surface area (TPSA) is 96.9 Å². The molecule has 0 saturated carbocycles. The van der Waals surface area contributed by atoms with Gasteiger partial charge in [-0.15, -0.1) is 0 Å². The van der Waals surface area contributed by atoms with Crippen LogP contribution in [0, 0.1) is 17.7 Å². The van der Waals surface area contributed by atoms with Crippen LogP contribution in [0.25, 0.3) is 0 Å². The van der Waals surface area contributed by atoms with Crippen LogP contribution in [0.4, 0.5) is 10.2 Å². The zero-order valence-corrected chi connectivity index (χ0v) is 19.0. The summed E-state index contributed by atoms with van der Waals surface area (Å²) in [6.07, 6.45) is 7.66. The minimum absolute atomic E-state index is 0.0422. The molecule has 2 saturated heterocycles. The van der Waals surface area contributed by atoms with Gasteiger partial charge in [-0.3, -0.25) is 14.7 Å². The van der Waals surface area contributed by atoms with Crippen molar-refractivity contribution in [2.75, 3.05) is 39.0 Å². The number of carbonyl (C=O) groups excluding carboxylic acids is 1. The molecule has 0 aliphatic carbocycles. The van der Waals surface area contributed by atoms with Crippen molar-refractivity contribution in [1.82, 2.24) is 19.8 Å². The highest BCUT2D eigenvalue weighted by molar-refractivity contribution is 6.02. The van der Waals surface area contributed by atoms with Crippen molar-refractivity contribution in [3.05, 3.63) is 53.7 Å². The van der Waals surface area contributed by atoms with E-state index in [1.165, 1.54) is 13.3 Å². The minimum atomic E-state index is -0.409. The normalized spacial score (nSPS) is 19.0. The molecule has 33 heavy (non-hydrogen) atoms. The largest absolute Gasteiger partial charge is 0.399 e. The molecule has 9 heteroatoms. The molecular weight excluding hydrogens is 423 g/mol. The zero-order valence-electron chi connectivity index (χ0n) is 19.0. The maximum atomic E-state index is 14.3. The molecule has 2 aromatic rings. The number of rotatable bonds is 6. The lowest BCUT2D eigenvalue weighted by atomic mass is 9.87. The number of hydrogen-bond donors (Lipinski definition) is 1. The first-order chi connectivity index (χ1) is 16.0. The Bertz CT molecular complexity index is 984. The molecule has 2 aromatic heterocycles. The van der Waals surface area contributed by atoms with Crippen molar-refractivity contribution < 1.29 is 14.0 Å². The van der Waals surface area contributed by atoms with Gasteiger partial charge in [-0.2, -0.15) is 0 Å². The quantitative estimate of drug-likeness (QED) is 0.533. The molecule has 2 aliphatic rings. The Kier molecular flexibility index (Phi) is 7.49. The van der Waals surface area contributed by atoms with Gasteiger partial charge in [0.2, 0.25) is 5.91 Å². The molecule has 0 unspecified atom stereocenters. The van der Waals surface area contributed by atoms with Crippen LogP contribution in [0.2, 0.25) is 0 Å². The van der Waals surface area contributed by atoms with Gasteiger partial charge in [-0.1, -0.05) is 5.16 Å². The molecule has 4 rings (SSSR count). The summed E-state index contributed by atoms with van der Waals surface area (Å²) in [5, 5.41) is 4.11. The van der Waals surface area contributed by atoms with Crippen LogP contribution < -0.4 is 5.73 Å². The van der Waals surface area contributed by atoms with Gasteiger partial charge in [-0.05, 0) is 62.5 Å². The number of halogens is 1. The second-order valence-corrected chi connectivity index (χ2v) is 8.75. The van der Waals surface area contributed by atoms with Crippen LogP contribution in [0.5, 0.6) is 0 Å². The number of oxime groups is 1. The first-order valence-electron chi connectivity index (χ1n) is 11.5. The standard InChI is InChI=1S/C24H31FN6O2/c1-33-29-23(20-3-8-27-15-21(20)25)18-6-12-31(13-7-18)24(32)19-4-10-30(11-5-19)16-17-2-9-28-22(26)14-17/h2-3,8-9,14-15,18-19H,4-7,10-13,16H2,1H3,(H2,26,28)/b29-23-. The molecule has 2 fully saturated rings. The Labute approximate surface area is 193 Å². The number of anilines is 1. The molecular formula is C24H31FN6O2. The summed E-state index contributed by atoms with van der Waals surface area (Å²) in [6, 6.07) is 5.51. The van der Waals surface area contributed by atoms with Gasteiger partial charge in [0, 0.05) is 49.4 Å². The third-order valence-corrected chi connectivity index (χ3v) is 6.62. The van der Waals surface area contributed by atoms with E-state index >= 15 is 0 Å². The number of hydrogen-bond acceptors (Lipinski definition) is 7. The van der Waals surface area contributed by atoms with Crippen LogP contribution in [0.3, 0.4) is 0 Å². The number of nitrogens with zero attached hydrogens (tertiary/aromatic N) is 5. The molecule has 0 aromatic carbocycles. The van der Waals surface area contributed by atoms with E-state index in [-0.39, 0.29) is 17.7 Å². The van der Waals surface area contributed by atoms with E-state index < -0.39 is 5.82 Å². The average Bonchev–Trinajstić information content (AvgIpc) is 2.83. The Balaban J connectivity index is 1.29. The predicted molar refractivity (Wildman–Crippen MR) is 124 cm³/mol. The average molecular weight is 455 g/mol. The fourth-order valence-electron chi connectivity index (χ4n) is 4.85. The number of aromatic nitrogens is 2. The maximum absolute atomic E-state index is 14.3. The molecule has 8 nitrogen and oxygen atoms in total. The molecule has 0 spiro atoms. The van der Waals surface area contributed by atoms with Gasteiger partial charge in [0.1, 0.15) is 12.9 Å². The van der Waals surface area contributed by atoms with Gasteiger partial charge in [0.15, 0.2) is 5.82 Å². The van der Waals surface area contributed by atoms with Crippen molar-refractivity contribution in [3.8, 4) is 0 Å². The lowest BCUT2D eigenvalue weighted by molar-refractivity contribution is -0.138. The van der Waals surface area contributed by atoms with E-state index in [1.807, 2.05) is 17.0 Å². The molecule has 0 atom stereocenters. The first-order valence-corrected chi connectivity index (χ1v) is 11.5. The summed E-state index contributed by atoms with van der Waals surface area (Å²) in [4.78, 5) is 30.3. The number of amides is 1. The summed E-state index contributed by atoms with van der Waals surface area (Å²) in [7, 11) is 1.47. The van der Waals surface area contributed by atoms with Crippen molar-refractivity contribution in [2.24, 2.45) is 17.0 Å². The van der Waals surface area contributed by atoms with Crippen molar-refractivity contribution in [3.63, 3.8) is 0 Å². The maximum Gasteiger partial charge on any atom is 0.225 e. The summed E-state index contributed by atoms with van der Waals surface area (Å²) < 4.78 is 14.3. The molecule has 4 heterocycles. The summed E-state index contributed by atoms with van der Waals surface area (Å²) in [5.74, 6) is 0.464. The van der Waals surface area contributed by atoms with Gasteiger partial charge in [-0.25, -0.2) is 9.37 Å². The monoisotopic (exact) mass is 454 g/mol. The number of pyridine rings is 2. The predicted octanol–water partition coefficient (Wildman–Crippen LogP) is 2.70. The number of nitrogen functional groups attached to an aromatic ring is 1. The number of nitrogens with two attached hydrogens (primary N) is 1. The molecule has 176 valence electrons. The number of likely N-dealkylation sites (tertiary alicyclic amines) is 2. The van der Waals surface area contributed by atoms with Crippen LogP contribution >= 0.6 is 0 Å². The van der Waals surface area contributed by atoms with Crippen LogP contribution in [-0.2, 0) is 16.2 Å². The Morgan fingerprint density at radius 2 is 1.88 bits per heavy atom. The minimum Gasteiger partial charge on any atom is -0.399 e. The highest BCUT2D eigenvalue weighted by atomic mass is 19.1. The van der Waals surface area contributed by atoms with E-state index in [0.717, 1.165) is 50.9 Å².